The standard InChI is InChI=1S/C16H21NO2/c1-4-11-16(3,12-5-2)17-15(18)19-13-14-9-7-6-8-10-14/h4-10H,1-2,11-13H2,3H3,(H,17,18). The van der Waals surface area contributed by atoms with Crippen molar-refractivity contribution in [3.8, 4) is 0 Å². The lowest BCUT2D eigenvalue weighted by Crippen LogP contribution is -2.45. The summed E-state index contributed by atoms with van der Waals surface area (Å²) in [5.41, 5.74) is 0.573. The molecule has 0 aromatic heterocycles. The number of rotatable bonds is 7. The number of hydrogen-bond donors (Lipinski definition) is 1. The molecule has 0 aliphatic carbocycles. The van der Waals surface area contributed by atoms with E-state index in [9.17, 15) is 4.79 Å². The summed E-state index contributed by atoms with van der Waals surface area (Å²) in [6.45, 7) is 9.62. The van der Waals surface area contributed by atoms with Gasteiger partial charge in [-0.1, -0.05) is 42.5 Å². The maximum absolute atomic E-state index is 11.8. The molecular weight excluding hydrogens is 238 g/mol. The van der Waals surface area contributed by atoms with Gasteiger partial charge in [-0.05, 0) is 25.3 Å². The Morgan fingerprint density at radius 2 is 1.84 bits per heavy atom. The maximum atomic E-state index is 11.8. The van der Waals surface area contributed by atoms with Gasteiger partial charge in [0, 0.05) is 5.54 Å². The molecule has 3 heteroatoms. The van der Waals surface area contributed by atoms with Gasteiger partial charge in [-0.25, -0.2) is 4.79 Å². The molecule has 0 aliphatic rings. The summed E-state index contributed by atoms with van der Waals surface area (Å²) in [5.74, 6) is 0. The minimum absolute atomic E-state index is 0.269. The maximum Gasteiger partial charge on any atom is 0.407 e. The van der Waals surface area contributed by atoms with Crippen LogP contribution in [0.25, 0.3) is 0 Å². The zero-order valence-corrected chi connectivity index (χ0v) is 11.4. The highest BCUT2D eigenvalue weighted by Crippen LogP contribution is 2.16. The zero-order valence-electron chi connectivity index (χ0n) is 11.4. The van der Waals surface area contributed by atoms with Gasteiger partial charge in [0.15, 0.2) is 0 Å². The Labute approximate surface area is 115 Å². The van der Waals surface area contributed by atoms with E-state index in [1.54, 1.807) is 12.2 Å². The fourth-order valence-electron chi connectivity index (χ4n) is 1.83. The predicted octanol–water partition coefficient (Wildman–Crippen LogP) is 3.82. The van der Waals surface area contributed by atoms with Crippen molar-refractivity contribution in [2.24, 2.45) is 0 Å². The van der Waals surface area contributed by atoms with Crippen LogP contribution in [0.2, 0.25) is 0 Å². The van der Waals surface area contributed by atoms with Gasteiger partial charge in [0.05, 0.1) is 0 Å². The molecule has 0 heterocycles. The molecule has 0 unspecified atom stereocenters. The van der Waals surface area contributed by atoms with Crippen LogP contribution in [0.4, 0.5) is 4.79 Å². The number of amides is 1. The van der Waals surface area contributed by atoms with Gasteiger partial charge >= 0.3 is 6.09 Å². The van der Waals surface area contributed by atoms with E-state index in [4.69, 9.17) is 4.74 Å². The van der Waals surface area contributed by atoms with Crippen molar-refractivity contribution < 1.29 is 9.53 Å². The molecule has 0 atom stereocenters. The van der Waals surface area contributed by atoms with Crippen LogP contribution in [-0.2, 0) is 11.3 Å². The van der Waals surface area contributed by atoms with Crippen LogP contribution in [0.5, 0.6) is 0 Å². The quantitative estimate of drug-likeness (QED) is 0.756. The Kier molecular flexibility index (Phi) is 5.86. The second-order valence-corrected chi connectivity index (χ2v) is 4.73. The van der Waals surface area contributed by atoms with Gasteiger partial charge in [0.2, 0.25) is 0 Å². The summed E-state index contributed by atoms with van der Waals surface area (Å²) in [6.07, 6.45) is 4.47. The molecule has 0 radical (unpaired) electrons. The molecule has 0 saturated heterocycles. The van der Waals surface area contributed by atoms with Crippen molar-refractivity contribution in [3.63, 3.8) is 0 Å². The van der Waals surface area contributed by atoms with Gasteiger partial charge in [-0.2, -0.15) is 0 Å². The lowest BCUT2D eigenvalue weighted by atomic mass is 9.94. The van der Waals surface area contributed by atoms with E-state index in [0.717, 1.165) is 5.56 Å². The number of benzene rings is 1. The third kappa shape index (κ3) is 5.42. The van der Waals surface area contributed by atoms with E-state index in [1.807, 2.05) is 37.3 Å². The highest BCUT2D eigenvalue weighted by molar-refractivity contribution is 5.68. The first kappa shape index (κ1) is 15.0. The van der Waals surface area contributed by atoms with Gasteiger partial charge in [-0.3, -0.25) is 0 Å². The number of carbonyl (C=O) groups excluding carboxylic acids is 1. The first-order valence-corrected chi connectivity index (χ1v) is 6.30. The van der Waals surface area contributed by atoms with E-state index in [2.05, 4.69) is 18.5 Å². The summed E-state index contributed by atoms with van der Waals surface area (Å²) in [6, 6.07) is 9.58. The van der Waals surface area contributed by atoms with E-state index in [-0.39, 0.29) is 6.61 Å². The summed E-state index contributed by atoms with van der Waals surface area (Å²) >= 11 is 0. The Morgan fingerprint density at radius 3 is 2.37 bits per heavy atom. The summed E-state index contributed by atoms with van der Waals surface area (Å²) in [5, 5.41) is 2.86. The van der Waals surface area contributed by atoms with Crippen molar-refractivity contribution in [3.05, 3.63) is 61.2 Å². The van der Waals surface area contributed by atoms with Crippen LogP contribution in [0.3, 0.4) is 0 Å². The van der Waals surface area contributed by atoms with Crippen LogP contribution >= 0.6 is 0 Å². The van der Waals surface area contributed by atoms with Crippen LogP contribution < -0.4 is 5.32 Å². The monoisotopic (exact) mass is 259 g/mol. The topological polar surface area (TPSA) is 38.3 Å². The van der Waals surface area contributed by atoms with E-state index in [1.165, 1.54) is 0 Å². The van der Waals surface area contributed by atoms with Crippen LogP contribution in [-0.4, -0.2) is 11.6 Å². The Hall–Kier alpha value is -2.03. The molecule has 1 aromatic rings. The molecule has 102 valence electrons. The Bertz CT molecular complexity index is 416. The van der Waals surface area contributed by atoms with E-state index in [0.29, 0.717) is 12.8 Å². The normalized spacial score (nSPS) is 10.6. The number of ether oxygens (including phenoxy) is 1. The number of hydrogen-bond acceptors (Lipinski definition) is 2. The first-order valence-electron chi connectivity index (χ1n) is 6.30. The molecule has 0 spiro atoms. The highest BCUT2D eigenvalue weighted by Gasteiger charge is 2.24. The third-order valence-electron chi connectivity index (χ3n) is 2.81. The van der Waals surface area contributed by atoms with Crippen molar-refractivity contribution >= 4 is 6.09 Å². The molecule has 0 saturated carbocycles. The SMILES string of the molecule is C=CCC(C)(CC=C)NC(=O)OCc1ccccc1. The highest BCUT2D eigenvalue weighted by atomic mass is 16.5. The molecule has 1 N–H and O–H groups in total. The average Bonchev–Trinajstić information content (AvgIpc) is 2.38. The second-order valence-electron chi connectivity index (χ2n) is 4.73. The first-order chi connectivity index (χ1) is 9.09. The Balaban J connectivity index is 2.49. The number of carbonyl (C=O) groups is 1. The van der Waals surface area contributed by atoms with Crippen molar-refractivity contribution in [1.29, 1.82) is 0 Å². The molecule has 0 aliphatic heterocycles. The minimum atomic E-state index is -0.421. The molecule has 1 rings (SSSR count). The molecule has 1 aromatic carbocycles. The summed E-state index contributed by atoms with van der Waals surface area (Å²) in [7, 11) is 0. The summed E-state index contributed by atoms with van der Waals surface area (Å²) < 4.78 is 5.20. The molecule has 3 nitrogen and oxygen atoms in total. The van der Waals surface area contributed by atoms with Gasteiger partial charge in [0.25, 0.3) is 0 Å². The van der Waals surface area contributed by atoms with E-state index >= 15 is 0 Å². The molecule has 0 fully saturated rings. The minimum Gasteiger partial charge on any atom is -0.445 e. The molecular formula is C16H21NO2. The largest absolute Gasteiger partial charge is 0.445 e. The van der Waals surface area contributed by atoms with Crippen molar-refractivity contribution in [2.45, 2.75) is 31.9 Å². The second kappa shape index (κ2) is 7.41. The molecule has 0 bridgehead atoms. The van der Waals surface area contributed by atoms with Crippen LogP contribution in [0.1, 0.15) is 25.3 Å². The molecule has 19 heavy (non-hydrogen) atoms. The average molecular weight is 259 g/mol. The van der Waals surface area contributed by atoms with Gasteiger partial charge < -0.3 is 10.1 Å². The number of alkyl carbamates (subject to hydrolysis) is 1. The number of nitrogens with one attached hydrogen (secondary N) is 1. The van der Waals surface area contributed by atoms with Crippen molar-refractivity contribution in [2.75, 3.05) is 0 Å². The lowest BCUT2D eigenvalue weighted by Gasteiger charge is -2.28. The third-order valence-corrected chi connectivity index (χ3v) is 2.81. The summed E-state index contributed by atoms with van der Waals surface area (Å²) in [4.78, 5) is 11.8. The fraction of sp³-hybridized carbons (Fsp3) is 0.312. The fourth-order valence-corrected chi connectivity index (χ4v) is 1.83. The van der Waals surface area contributed by atoms with E-state index < -0.39 is 11.6 Å². The predicted molar refractivity (Wildman–Crippen MR) is 77.8 cm³/mol. The Morgan fingerprint density at radius 1 is 1.26 bits per heavy atom. The van der Waals surface area contributed by atoms with Gasteiger partial charge in [0.1, 0.15) is 6.61 Å². The van der Waals surface area contributed by atoms with Crippen molar-refractivity contribution in [1.82, 2.24) is 5.32 Å². The smallest absolute Gasteiger partial charge is 0.407 e. The lowest BCUT2D eigenvalue weighted by molar-refractivity contribution is 0.128. The van der Waals surface area contributed by atoms with Gasteiger partial charge in [-0.15, -0.1) is 13.2 Å². The van der Waals surface area contributed by atoms with Crippen LogP contribution in [0, 0.1) is 0 Å². The van der Waals surface area contributed by atoms with Crippen LogP contribution in [0.15, 0.2) is 55.6 Å². The zero-order chi connectivity index (χ0) is 14.1. The molecule has 1 amide bonds.